The Morgan fingerprint density at radius 2 is 2.00 bits per heavy atom. The minimum atomic E-state index is 0. The Balaban J connectivity index is 0.000000845. The van der Waals surface area contributed by atoms with Gasteiger partial charge in [0.1, 0.15) is 0 Å². The zero-order valence-electron chi connectivity index (χ0n) is 8.62. The molecular formula is C10H21ClN2. The Hall–Kier alpha value is 0.210. The topological polar surface area (TPSA) is 29.3 Å². The zero-order chi connectivity index (χ0) is 8.77. The minimum Gasteiger partial charge on any atom is -0.313 e. The first-order valence-corrected chi connectivity index (χ1v) is 5.21. The fourth-order valence-electron chi connectivity index (χ4n) is 3.17. The van der Waals surface area contributed by atoms with Crippen LogP contribution < -0.4 is 5.73 Å². The van der Waals surface area contributed by atoms with Crippen molar-refractivity contribution in [2.45, 2.75) is 63.7 Å². The highest BCUT2D eigenvalue weighted by molar-refractivity contribution is 5.85. The van der Waals surface area contributed by atoms with E-state index in [1.165, 1.54) is 32.1 Å². The van der Waals surface area contributed by atoms with Crippen LogP contribution in [0.25, 0.3) is 0 Å². The van der Waals surface area contributed by atoms with E-state index in [4.69, 9.17) is 5.73 Å². The molecule has 3 heteroatoms. The van der Waals surface area contributed by atoms with E-state index in [2.05, 4.69) is 18.7 Å². The van der Waals surface area contributed by atoms with Gasteiger partial charge in [-0.15, -0.1) is 12.4 Å². The summed E-state index contributed by atoms with van der Waals surface area (Å²) in [6.45, 7) is 4.54. The smallest absolute Gasteiger partial charge is 0.0692 e. The predicted octanol–water partition coefficient (Wildman–Crippen LogP) is 2.12. The number of piperidine rings is 1. The molecule has 2 saturated heterocycles. The molecule has 0 spiro atoms. The molecule has 2 atom stereocenters. The highest BCUT2D eigenvalue weighted by Gasteiger charge is 2.46. The summed E-state index contributed by atoms with van der Waals surface area (Å²) in [7, 11) is 0. The molecule has 2 aliphatic rings. The van der Waals surface area contributed by atoms with Gasteiger partial charge in [0.15, 0.2) is 0 Å². The normalized spacial score (nSPS) is 39.2. The van der Waals surface area contributed by atoms with E-state index in [0.29, 0.717) is 6.04 Å². The van der Waals surface area contributed by atoms with Crippen LogP contribution in [0.3, 0.4) is 0 Å². The van der Waals surface area contributed by atoms with Crippen LogP contribution in [-0.4, -0.2) is 22.6 Å². The van der Waals surface area contributed by atoms with Crippen molar-refractivity contribution in [2.75, 3.05) is 0 Å². The molecular weight excluding hydrogens is 184 g/mol. The second-order valence-corrected chi connectivity index (χ2v) is 4.69. The van der Waals surface area contributed by atoms with Gasteiger partial charge in [0.25, 0.3) is 0 Å². The lowest BCUT2D eigenvalue weighted by Crippen LogP contribution is -2.59. The van der Waals surface area contributed by atoms with Gasteiger partial charge in [-0.1, -0.05) is 0 Å². The number of fused-ring (bicyclic) bond motifs is 2. The lowest BCUT2D eigenvalue weighted by atomic mass is 9.96. The Bertz CT molecular complexity index is 180. The van der Waals surface area contributed by atoms with Crippen LogP contribution in [0.1, 0.15) is 46.0 Å². The molecule has 0 unspecified atom stereocenters. The van der Waals surface area contributed by atoms with Gasteiger partial charge in [-0.25, -0.2) is 0 Å². The highest BCUT2D eigenvalue weighted by atomic mass is 35.5. The Morgan fingerprint density at radius 1 is 1.31 bits per heavy atom. The van der Waals surface area contributed by atoms with Crippen molar-refractivity contribution < 1.29 is 0 Å². The van der Waals surface area contributed by atoms with E-state index in [1.54, 1.807) is 0 Å². The number of hydrogen-bond acceptors (Lipinski definition) is 2. The summed E-state index contributed by atoms with van der Waals surface area (Å²) in [4.78, 5) is 2.55. The molecule has 2 N–H and O–H groups in total. The SMILES string of the molecule is CC(C)N1[C@H]2CCC[C@]1(N)CC2.Cl. The van der Waals surface area contributed by atoms with Crippen molar-refractivity contribution >= 4 is 12.4 Å². The standard InChI is InChI=1S/C10H20N2.ClH/c1-8(2)12-9-4-3-6-10(12,11)7-5-9;/h8-9H,3-7,11H2,1-2H3;1H/t9-,10+;/m0./s1. The second-order valence-electron chi connectivity index (χ2n) is 4.69. The molecule has 2 nitrogen and oxygen atoms in total. The van der Waals surface area contributed by atoms with Crippen molar-refractivity contribution in [3.05, 3.63) is 0 Å². The van der Waals surface area contributed by atoms with Gasteiger partial charge in [-0.05, 0) is 46.0 Å². The van der Waals surface area contributed by atoms with Gasteiger partial charge < -0.3 is 5.73 Å². The Labute approximate surface area is 87.3 Å². The van der Waals surface area contributed by atoms with Gasteiger partial charge in [0, 0.05) is 12.1 Å². The van der Waals surface area contributed by atoms with Crippen LogP contribution in [0.15, 0.2) is 0 Å². The van der Waals surface area contributed by atoms with Gasteiger partial charge >= 0.3 is 0 Å². The Kier molecular flexibility index (Phi) is 3.26. The monoisotopic (exact) mass is 204 g/mol. The van der Waals surface area contributed by atoms with Crippen LogP contribution in [0, 0.1) is 0 Å². The van der Waals surface area contributed by atoms with Gasteiger partial charge in [0.2, 0.25) is 0 Å². The first-order valence-electron chi connectivity index (χ1n) is 5.21. The second kappa shape index (κ2) is 3.76. The molecule has 0 aromatic heterocycles. The number of nitrogens with zero attached hydrogens (tertiary/aromatic N) is 1. The number of hydrogen-bond donors (Lipinski definition) is 1. The number of rotatable bonds is 1. The molecule has 0 aromatic rings. The van der Waals surface area contributed by atoms with Crippen molar-refractivity contribution in [3.8, 4) is 0 Å². The van der Waals surface area contributed by atoms with E-state index in [9.17, 15) is 0 Å². The summed E-state index contributed by atoms with van der Waals surface area (Å²) >= 11 is 0. The van der Waals surface area contributed by atoms with Crippen LogP contribution in [-0.2, 0) is 0 Å². The molecule has 2 fully saturated rings. The number of nitrogens with two attached hydrogens (primary N) is 1. The van der Waals surface area contributed by atoms with Crippen molar-refractivity contribution in [3.63, 3.8) is 0 Å². The fourth-order valence-corrected chi connectivity index (χ4v) is 3.17. The lowest BCUT2D eigenvalue weighted by Gasteiger charge is -2.44. The fraction of sp³-hybridized carbons (Fsp3) is 1.00. The largest absolute Gasteiger partial charge is 0.313 e. The summed E-state index contributed by atoms with van der Waals surface area (Å²) in [5, 5.41) is 0. The maximum absolute atomic E-state index is 6.37. The predicted molar refractivity (Wildman–Crippen MR) is 58.0 cm³/mol. The molecule has 0 aliphatic carbocycles. The van der Waals surface area contributed by atoms with E-state index in [-0.39, 0.29) is 18.1 Å². The molecule has 2 bridgehead atoms. The summed E-state index contributed by atoms with van der Waals surface area (Å²) in [6, 6.07) is 1.42. The quantitative estimate of drug-likeness (QED) is 0.709. The third-order valence-corrected chi connectivity index (χ3v) is 3.52. The van der Waals surface area contributed by atoms with Crippen LogP contribution >= 0.6 is 12.4 Å². The zero-order valence-corrected chi connectivity index (χ0v) is 9.44. The van der Waals surface area contributed by atoms with E-state index in [0.717, 1.165) is 6.04 Å². The molecule has 2 heterocycles. The summed E-state index contributed by atoms with van der Waals surface area (Å²) < 4.78 is 0. The average molecular weight is 205 g/mol. The molecule has 0 saturated carbocycles. The van der Waals surface area contributed by atoms with Gasteiger partial charge in [0.05, 0.1) is 5.66 Å². The third kappa shape index (κ3) is 1.72. The molecule has 2 aliphatic heterocycles. The molecule has 0 aromatic carbocycles. The van der Waals surface area contributed by atoms with Gasteiger partial charge in [-0.3, -0.25) is 4.90 Å². The summed E-state index contributed by atoms with van der Waals surface area (Å²) in [5.41, 5.74) is 6.44. The summed E-state index contributed by atoms with van der Waals surface area (Å²) in [6.07, 6.45) is 6.47. The maximum Gasteiger partial charge on any atom is 0.0692 e. The van der Waals surface area contributed by atoms with E-state index < -0.39 is 0 Å². The van der Waals surface area contributed by atoms with Crippen LogP contribution in [0.2, 0.25) is 0 Å². The third-order valence-electron chi connectivity index (χ3n) is 3.52. The van der Waals surface area contributed by atoms with E-state index >= 15 is 0 Å². The highest BCUT2D eigenvalue weighted by Crippen LogP contribution is 2.41. The van der Waals surface area contributed by atoms with E-state index in [1.807, 2.05) is 0 Å². The molecule has 78 valence electrons. The summed E-state index contributed by atoms with van der Waals surface area (Å²) in [5.74, 6) is 0. The average Bonchev–Trinajstić information content (AvgIpc) is 2.18. The van der Waals surface area contributed by atoms with Crippen LogP contribution in [0.4, 0.5) is 0 Å². The lowest BCUT2D eigenvalue weighted by molar-refractivity contribution is 0.0287. The van der Waals surface area contributed by atoms with Crippen molar-refractivity contribution in [1.82, 2.24) is 4.90 Å². The van der Waals surface area contributed by atoms with Gasteiger partial charge in [-0.2, -0.15) is 0 Å². The van der Waals surface area contributed by atoms with Crippen LogP contribution in [0.5, 0.6) is 0 Å². The minimum absolute atomic E-state index is 0. The Morgan fingerprint density at radius 3 is 2.46 bits per heavy atom. The first-order chi connectivity index (χ1) is 5.63. The first kappa shape index (κ1) is 11.3. The molecule has 2 rings (SSSR count). The maximum atomic E-state index is 6.37. The van der Waals surface area contributed by atoms with Crippen molar-refractivity contribution in [1.29, 1.82) is 0 Å². The number of halogens is 1. The molecule has 0 amide bonds. The molecule has 0 radical (unpaired) electrons. The molecule has 13 heavy (non-hydrogen) atoms. The van der Waals surface area contributed by atoms with Crippen molar-refractivity contribution in [2.24, 2.45) is 5.73 Å².